The number of hydrogen-bond acceptors (Lipinski definition) is 7. The molecule has 0 bridgehead atoms. The van der Waals surface area contributed by atoms with Crippen LogP contribution in [0.2, 0.25) is 0 Å². The molecule has 10 heteroatoms. The van der Waals surface area contributed by atoms with Crippen LogP contribution in [0.3, 0.4) is 0 Å². The molecule has 0 saturated heterocycles. The number of nitrogens with one attached hydrogen (secondary N) is 1. The number of rotatable bonds is 20. The summed E-state index contributed by atoms with van der Waals surface area (Å²) in [7, 11) is -5.68. The van der Waals surface area contributed by atoms with E-state index in [1.165, 1.54) is 21.2 Å². The molecule has 0 fully saturated rings. The van der Waals surface area contributed by atoms with E-state index in [-0.39, 0.29) is 12.7 Å². The maximum atomic E-state index is 10.7. The molecule has 1 N–H and O–H groups in total. The Morgan fingerprint density at radius 3 is 1.30 bits per heavy atom. The van der Waals surface area contributed by atoms with Crippen molar-refractivity contribution < 1.29 is 24.2 Å². The minimum Gasteiger partial charge on any atom is -0.688 e. The Kier molecular flexibility index (Phi) is 15.3. The zero-order valence-electron chi connectivity index (χ0n) is 24.9. The summed E-state index contributed by atoms with van der Waals surface area (Å²) in [5.41, 5.74) is 0. The summed E-state index contributed by atoms with van der Waals surface area (Å²) < 4.78 is 11.6. The Balaban J connectivity index is 1.40. The third-order valence-corrected chi connectivity index (χ3v) is 12.7. The van der Waals surface area contributed by atoms with Gasteiger partial charge in [-0.2, -0.15) is 7.94 Å². The molecule has 7 nitrogen and oxygen atoms in total. The van der Waals surface area contributed by atoms with Crippen LogP contribution in [0.5, 0.6) is 0 Å². The Labute approximate surface area is 265 Å². The third kappa shape index (κ3) is 12.7. The van der Waals surface area contributed by atoms with Crippen molar-refractivity contribution in [3.63, 3.8) is 0 Å². The predicted molar refractivity (Wildman–Crippen MR) is 181 cm³/mol. The molecule has 4 rings (SSSR count). The molecule has 0 aliphatic carbocycles. The summed E-state index contributed by atoms with van der Waals surface area (Å²) >= 11 is 0. The van der Waals surface area contributed by atoms with Crippen molar-refractivity contribution in [3.8, 4) is 0 Å². The minimum atomic E-state index is -4.46. The molecule has 234 valence electrons. The van der Waals surface area contributed by atoms with Gasteiger partial charge in [0.1, 0.15) is 0 Å². The highest BCUT2D eigenvalue weighted by atomic mass is 31.2. The quantitative estimate of drug-likeness (QED) is 0.115. The molecule has 0 atom stereocenters. The molecule has 0 unspecified atom stereocenters. The second kappa shape index (κ2) is 19.4. The number of hydrogen-bond donors (Lipinski definition) is 1. The normalized spacial score (nSPS) is 12.0. The lowest BCUT2D eigenvalue weighted by molar-refractivity contribution is -0.427. The molecule has 4 aromatic rings. The summed E-state index contributed by atoms with van der Waals surface area (Å²) in [6, 6.07) is 43.3. The van der Waals surface area contributed by atoms with Crippen molar-refractivity contribution in [1.29, 1.82) is 0 Å². The molecule has 0 aromatic heterocycles. The van der Waals surface area contributed by atoms with Gasteiger partial charge in [0, 0.05) is 32.2 Å². The van der Waals surface area contributed by atoms with Gasteiger partial charge in [-0.15, -0.1) is 0 Å². The highest BCUT2D eigenvalue weighted by Gasteiger charge is 2.22. The van der Waals surface area contributed by atoms with Gasteiger partial charge in [-0.05, 0) is 37.1 Å². The molecule has 0 aliphatic rings. The molecule has 0 heterocycles. The highest BCUT2D eigenvalue weighted by molar-refractivity contribution is 7.73. The first kappa shape index (κ1) is 34.8. The SMILES string of the molecule is [O-][P+]([O-])([O-])CCNCCOCCOCCN(CP(c1ccccc1)c1ccccc1)CP(c1ccccc1)c1ccccc1. The van der Waals surface area contributed by atoms with E-state index in [1.807, 2.05) is 0 Å². The summed E-state index contributed by atoms with van der Waals surface area (Å²) in [6.07, 6.45) is 1.46. The van der Waals surface area contributed by atoms with Crippen LogP contribution in [0, 0.1) is 0 Å². The largest absolute Gasteiger partial charge is 0.688 e. The van der Waals surface area contributed by atoms with Gasteiger partial charge >= 0.3 is 0 Å². The van der Waals surface area contributed by atoms with Crippen LogP contribution >= 0.6 is 23.8 Å². The fraction of sp³-hybridized carbons (Fsp3) is 0.294. The Morgan fingerprint density at radius 1 is 0.523 bits per heavy atom. The fourth-order valence-corrected chi connectivity index (χ4v) is 9.89. The first-order valence-electron chi connectivity index (χ1n) is 14.8. The number of ether oxygens (including phenoxy) is 2. The molecular weight excluding hydrogens is 609 g/mol. The van der Waals surface area contributed by atoms with Crippen LogP contribution < -0.4 is 41.2 Å². The maximum absolute atomic E-state index is 10.7. The van der Waals surface area contributed by atoms with Gasteiger partial charge in [0.25, 0.3) is 0 Å². The predicted octanol–water partition coefficient (Wildman–Crippen LogP) is 1.94. The van der Waals surface area contributed by atoms with Crippen molar-refractivity contribution in [2.45, 2.75) is 0 Å². The lowest BCUT2D eigenvalue weighted by Crippen LogP contribution is -2.38. The molecule has 0 saturated carbocycles. The van der Waals surface area contributed by atoms with Crippen LogP contribution in [-0.2, 0) is 9.47 Å². The summed E-state index contributed by atoms with van der Waals surface area (Å²) in [5, 5.41) is 8.35. The molecule has 0 aliphatic heterocycles. The topological polar surface area (TPSA) is 103 Å². The van der Waals surface area contributed by atoms with Gasteiger partial charge in [-0.25, -0.2) is 0 Å². The van der Waals surface area contributed by atoms with E-state index in [9.17, 15) is 14.7 Å². The maximum Gasteiger partial charge on any atom is 0.0701 e. The number of benzene rings is 4. The van der Waals surface area contributed by atoms with E-state index in [1.54, 1.807) is 0 Å². The monoisotopic (exact) mass is 650 g/mol. The van der Waals surface area contributed by atoms with Crippen molar-refractivity contribution in [2.24, 2.45) is 0 Å². The molecule has 0 amide bonds. The second-order valence-corrected chi connectivity index (χ2v) is 16.2. The van der Waals surface area contributed by atoms with Gasteiger partial charge in [0.2, 0.25) is 0 Å². The van der Waals surface area contributed by atoms with Gasteiger partial charge in [0.15, 0.2) is 0 Å². The lowest BCUT2D eigenvalue weighted by atomic mass is 10.4. The van der Waals surface area contributed by atoms with Crippen molar-refractivity contribution in [3.05, 3.63) is 121 Å². The Hall–Kier alpha value is -2.11. The van der Waals surface area contributed by atoms with E-state index in [2.05, 4.69) is 132 Å². The van der Waals surface area contributed by atoms with E-state index >= 15 is 0 Å². The molecular formula is C34H41N2O5P3-2. The van der Waals surface area contributed by atoms with Gasteiger partial charge in [-0.1, -0.05) is 121 Å². The summed E-state index contributed by atoms with van der Waals surface area (Å²) in [4.78, 5) is 34.7. The zero-order valence-corrected chi connectivity index (χ0v) is 27.6. The average molecular weight is 651 g/mol. The standard InChI is InChI=1S/C34H43N2O5P3/c37-44(38,39)28-22-35-21-24-40-26-27-41-25-23-36(29-42(31-13-5-1-6-14-31)32-15-7-2-8-16-32)30-43(33-17-9-3-10-18-33)34-19-11-4-12-20-34/h1-20,35H,21-30H2,(H2,37,38,39)/p-2. The van der Waals surface area contributed by atoms with E-state index in [4.69, 9.17) is 9.47 Å². The fourth-order valence-electron chi connectivity index (χ4n) is 4.64. The summed E-state index contributed by atoms with van der Waals surface area (Å²) in [6.45, 7) is 3.36. The van der Waals surface area contributed by atoms with Crippen LogP contribution in [0.1, 0.15) is 0 Å². The molecule has 44 heavy (non-hydrogen) atoms. The number of nitrogens with zero attached hydrogens (tertiary/aromatic N) is 1. The zero-order chi connectivity index (χ0) is 30.9. The highest BCUT2D eigenvalue weighted by Crippen LogP contribution is 2.39. The van der Waals surface area contributed by atoms with Crippen molar-refractivity contribution in [2.75, 3.05) is 64.8 Å². The Morgan fingerprint density at radius 2 is 0.909 bits per heavy atom. The smallest absolute Gasteiger partial charge is 0.0701 e. The van der Waals surface area contributed by atoms with Crippen molar-refractivity contribution >= 4 is 45.0 Å². The van der Waals surface area contributed by atoms with Crippen LogP contribution in [0.25, 0.3) is 0 Å². The second-order valence-electron chi connectivity index (χ2n) is 10.2. The van der Waals surface area contributed by atoms with E-state index < -0.39 is 23.8 Å². The summed E-state index contributed by atoms with van der Waals surface area (Å²) in [5.74, 6) is 0. The first-order valence-corrected chi connectivity index (χ1v) is 19.6. The molecule has 0 spiro atoms. The Bertz CT molecular complexity index is 1140. The van der Waals surface area contributed by atoms with Gasteiger partial charge in [-0.3, -0.25) is 4.90 Å². The lowest BCUT2D eigenvalue weighted by Gasteiger charge is -2.42. The third-order valence-electron chi connectivity index (χ3n) is 6.86. The van der Waals surface area contributed by atoms with E-state index in [0.717, 1.165) is 19.1 Å². The van der Waals surface area contributed by atoms with Crippen LogP contribution in [0.15, 0.2) is 121 Å². The van der Waals surface area contributed by atoms with E-state index in [0.29, 0.717) is 33.0 Å². The molecule has 0 radical (unpaired) electrons. The molecule has 4 aromatic carbocycles. The van der Waals surface area contributed by atoms with Gasteiger partial charge < -0.3 is 29.5 Å². The van der Waals surface area contributed by atoms with Crippen molar-refractivity contribution in [1.82, 2.24) is 10.2 Å². The van der Waals surface area contributed by atoms with Crippen LogP contribution in [-0.4, -0.2) is 69.7 Å². The minimum absolute atomic E-state index is 0.142. The van der Waals surface area contributed by atoms with Gasteiger partial charge in [0.05, 0.1) is 32.6 Å². The average Bonchev–Trinajstić information content (AvgIpc) is 3.05. The van der Waals surface area contributed by atoms with Crippen LogP contribution in [0.4, 0.5) is 0 Å². The first-order chi connectivity index (χ1) is 21.5.